The minimum atomic E-state index is -3.77. The highest BCUT2D eigenvalue weighted by Crippen LogP contribution is 2.20. The molecule has 8 nitrogen and oxygen atoms in total. The normalized spacial score (nSPS) is 11.6. The highest BCUT2D eigenvalue weighted by atomic mass is 35.5. The minimum Gasteiger partial charge on any atom is -0.337 e. The summed E-state index contributed by atoms with van der Waals surface area (Å²) in [5.41, 5.74) is 1.64. The number of nitrogens with zero attached hydrogens (tertiary/aromatic N) is 4. The standard InChI is InChI=1S/C20H21ClN4O4S/c1-14-7-9-17(10-8-14)30(27,28)25(3)13-19(26)24(2)12-18-22-20(23-29-18)15-5-4-6-16(21)11-15/h4-11H,12-13H2,1-3H3. The highest BCUT2D eigenvalue weighted by Gasteiger charge is 2.25. The molecule has 0 aliphatic rings. The molecule has 3 rings (SSSR count). The lowest BCUT2D eigenvalue weighted by molar-refractivity contribution is -0.130. The molecule has 0 N–H and O–H groups in total. The van der Waals surface area contributed by atoms with Crippen LogP contribution in [-0.4, -0.2) is 54.3 Å². The SMILES string of the molecule is Cc1ccc(S(=O)(=O)N(C)CC(=O)N(C)Cc2nc(-c3cccc(Cl)c3)no2)cc1. The number of carbonyl (C=O) groups excluding carboxylic acids is 1. The number of likely N-dealkylation sites (N-methyl/N-ethyl adjacent to an activating group) is 2. The molecule has 2 aromatic carbocycles. The third-order valence-electron chi connectivity index (χ3n) is 4.44. The summed E-state index contributed by atoms with van der Waals surface area (Å²) in [5, 5.41) is 4.44. The van der Waals surface area contributed by atoms with Gasteiger partial charge in [-0.05, 0) is 31.2 Å². The van der Waals surface area contributed by atoms with Gasteiger partial charge in [-0.25, -0.2) is 8.42 Å². The lowest BCUT2D eigenvalue weighted by atomic mass is 10.2. The predicted molar refractivity (Wildman–Crippen MR) is 112 cm³/mol. The van der Waals surface area contributed by atoms with Gasteiger partial charge in [0.2, 0.25) is 27.6 Å². The third-order valence-corrected chi connectivity index (χ3v) is 6.49. The quantitative estimate of drug-likeness (QED) is 0.551. The lowest BCUT2D eigenvalue weighted by Gasteiger charge is -2.20. The largest absolute Gasteiger partial charge is 0.337 e. The molecular weight excluding hydrogens is 428 g/mol. The van der Waals surface area contributed by atoms with Crippen molar-refractivity contribution in [2.75, 3.05) is 20.6 Å². The lowest BCUT2D eigenvalue weighted by Crippen LogP contribution is -2.39. The van der Waals surface area contributed by atoms with Crippen molar-refractivity contribution in [1.29, 1.82) is 0 Å². The zero-order valence-corrected chi connectivity index (χ0v) is 18.3. The monoisotopic (exact) mass is 448 g/mol. The van der Waals surface area contributed by atoms with Crippen LogP contribution in [0.2, 0.25) is 5.02 Å². The van der Waals surface area contributed by atoms with Crippen LogP contribution < -0.4 is 0 Å². The summed E-state index contributed by atoms with van der Waals surface area (Å²) in [6.07, 6.45) is 0. The van der Waals surface area contributed by atoms with Crippen molar-refractivity contribution in [3.63, 3.8) is 0 Å². The zero-order chi connectivity index (χ0) is 21.9. The van der Waals surface area contributed by atoms with E-state index in [-0.39, 0.29) is 23.9 Å². The van der Waals surface area contributed by atoms with Crippen LogP contribution in [0, 0.1) is 6.92 Å². The van der Waals surface area contributed by atoms with Crippen LogP contribution in [-0.2, 0) is 21.4 Å². The van der Waals surface area contributed by atoms with Gasteiger partial charge in [0.25, 0.3) is 0 Å². The van der Waals surface area contributed by atoms with Crippen molar-refractivity contribution in [3.8, 4) is 11.4 Å². The molecule has 0 fully saturated rings. The number of aromatic nitrogens is 2. The van der Waals surface area contributed by atoms with E-state index >= 15 is 0 Å². The van der Waals surface area contributed by atoms with Crippen molar-refractivity contribution in [1.82, 2.24) is 19.3 Å². The predicted octanol–water partition coefficient (Wildman–Crippen LogP) is 2.98. The number of amides is 1. The molecule has 0 saturated heterocycles. The van der Waals surface area contributed by atoms with Crippen molar-refractivity contribution >= 4 is 27.5 Å². The number of halogens is 1. The summed E-state index contributed by atoms with van der Waals surface area (Å²) < 4.78 is 31.5. The van der Waals surface area contributed by atoms with Gasteiger partial charge in [-0.2, -0.15) is 9.29 Å². The van der Waals surface area contributed by atoms with Crippen LogP contribution in [0.3, 0.4) is 0 Å². The van der Waals surface area contributed by atoms with Crippen LogP contribution in [0.1, 0.15) is 11.5 Å². The summed E-state index contributed by atoms with van der Waals surface area (Å²) in [7, 11) is -0.866. The molecule has 30 heavy (non-hydrogen) atoms. The molecule has 0 atom stereocenters. The fourth-order valence-electron chi connectivity index (χ4n) is 2.64. The van der Waals surface area contributed by atoms with Gasteiger partial charge in [0, 0.05) is 24.7 Å². The minimum absolute atomic E-state index is 0.0464. The molecule has 3 aromatic rings. The van der Waals surface area contributed by atoms with Gasteiger partial charge in [0.05, 0.1) is 18.0 Å². The third kappa shape index (κ3) is 5.05. The molecular formula is C20H21ClN4O4S. The second kappa shape index (κ2) is 8.95. The van der Waals surface area contributed by atoms with Gasteiger partial charge >= 0.3 is 0 Å². The molecule has 0 spiro atoms. The first-order valence-electron chi connectivity index (χ1n) is 9.02. The van der Waals surface area contributed by atoms with Crippen molar-refractivity contribution in [2.24, 2.45) is 0 Å². The molecule has 0 aliphatic heterocycles. The molecule has 0 bridgehead atoms. The number of hydrogen-bond acceptors (Lipinski definition) is 6. The van der Waals surface area contributed by atoms with E-state index in [0.29, 0.717) is 16.4 Å². The van der Waals surface area contributed by atoms with Crippen LogP contribution in [0.25, 0.3) is 11.4 Å². The van der Waals surface area contributed by atoms with Gasteiger partial charge < -0.3 is 9.42 Å². The van der Waals surface area contributed by atoms with E-state index in [1.807, 2.05) is 6.92 Å². The Hall–Kier alpha value is -2.75. The number of sulfonamides is 1. The van der Waals surface area contributed by atoms with Crippen LogP contribution in [0.15, 0.2) is 57.9 Å². The number of rotatable bonds is 7. The first kappa shape index (κ1) is 21.9. The Bertz CT molecular complexity index is 1150. The fourth-order valence-corrected chi connectivity index (χ4v) is 3.95. The van der Waals surface area contributed by atoms with E-state index in [0.717, 1.165) is 9.87 Å². The maximum Gasteiger partial charge on any atom is 0.246 e. The molecule has 1 amide bonds. The first-order chi connectivity index (χ1) is 14.2. The van der Waals surface area contributed by atoms with Crippen molar-refractivity contribution < 1.29 is 17.7 Å². The van der Waals surface area contributed by atoms with Gasteiger partial charge in [0.15, 0.2) is 0 Å². The average Bonchev–Trinajstić information content (AvgIpc) is 3.16. The Morgan fingerprint density at radius 2 is 1.83 bits per heavy atom. The molecule has 0 unspecified atom stereocenters. The Morgan fingerprint density at radius 1 is 1.13 bits per heavy atom. The van der Waals surface area contributed by atoms with Gasteiger partial charge in [0.1, 0.15) is 0 Å². The Balaban J connectivity index is 1.64. The van der Waals surface area contributed by atoms with E-state index in [1.165, 1.54) is 31.1 Å². The second-order valence-electron chi connectivity index (χ2n) is 6.85. The molecule has 0 radical (unpaired) electrons. The van der Waals surface area contributed by atoms with Crippen LogP contribution in [0.5, 0.6) is 0 Å². The molecule has 1 aromatic heterocycles. The molecule has 1 heterocycles. The first-order valence-corrected chi connectivity index (χ1v) is 10.8. The van der Waals surface area contributed by atoms with Crippen molar-refractivity contribution in [2.45, 2.75) is 18.4 Å². The Kier molecular flexibility index (Phi) is 6.55. The highest BCUT2D eigenvalue weighted by molar-refractivity contribution is 7.89. The van der Waals surface area contributed by atoms with E-state index in [9.17, 15) is 13.2 Å². The van der Waals surface area contributed by atoms with E-state index in [4.69, 9.17) is 16.1 Å². The Morgan fingerprint density at radius 3 is 2.50 bits per heavy atom. The number of aryl methyl sites for hydroxylation is 1. The van der Waals surface area contributed by atoms with Crippen LogP contribution in [0.4, 0.5) is 0 Å². The number of carbonyl (C=O) groups is 1. The van der Waals surface area contributed by atoms with Gasteiger partial charge in [-0.1, -0.05) is 46.6 Å². The molecule has 0 saturated carbocycles. The smallest absolute Gasteiger partial charge is 0.246 e. The average molecular weight is 449 g/mol. The summed E-state index contributed by atoms with van der Waals surface area (Å²) in [6.45, 7) is 1.60. The summed E-state index contributed by atoms with van der Waals surface area (Å²) in [5.74, 6) is 0.174. The fraction of sp³-hybridized carbons (Fsp3) is 0.250. The molecule has 0 aliphatic carbocycles. The second-order valence-corrected chi connectivity index (χ2v) is 9.33. The summed E-state index contributed by atoms with van der Waals surface area (Å²) >= 11 is 5.97. The maximum atomic E-state index is 12.7. The number of benzene rings is 2. The van der Waals surface area contributed by atoms with E-state index in [1.54, 1.807) is 36.4 Å². The van der Waals surface area contributed by atoms with E-state index in [2.05, 4.69) is 10.1 Å². The zero-order valence-electron chi connectivity index (χ0n) is 16.7. The van der Waals surface area contributed by atoms with Gasteiger partial charge in [-0.15, -0.1) is 0 Å². The number of hydrogen-bond donors (Lipinski definition) is 0. The van der Waals surface area contributed by atoms with E-state index < -0.39 is 15.9 Å². The Labute approximate surface area is 180 Å². The molecule has 158 valence electrons. The summed E-state index contributed by atoms with van der Waals surface area (Å²) in [4.78, 5) is 18.3. The maximum absolute atomic E-state index is 12.7. The van der Waals surface area contributed by atoms with Crippen molar-refractivity contribution in [3.05, 3.63) is 65.0 Å². The van der Waals surface area contributed by atoms with Gasteiger partial charge in [-0.3, -0.25) is 4.79 Å². The summed E-state index contributed by atoms with van der Waals surface area (Å²) in [6, 6.07) is 13.5. The van der Waals surface area contributed by atoms with Crippen LogP contribution >= 0.6 is 11.6 Å². The molecule has 10 heteroatoms. The topological polar surface area (TPSA) is 96.6 Å².